The second-order valence-corrected chi connectivity index (χ2v) is 7.50. The van der Waals surface area contributed by atoms with Crippen molar-refractivity contribution >= 4 is 29.8 Å². The summed E-state index contributed by atoms with van der Waals surface area (Å²) in [5.74, 6) is 2.24. The molecule has 36 heavy (non-hydrogen) atoms. The monoisotopic (exact) mass is 491 g/mol. The fourth-order valence-electron chi connectivity index (χ4n) is 3.45. The molecule has 1 amide bonds. The third-order valence-corrected chi connectivity index (χ3v) is 5.29. The van der Waals surface area contributed by atoms with Gasteiger partial charge in [0.2, 0.25) is 11.7 Å². The van der Waals surface area contributed by atoms with E-state index in [1.807, 2.05) is 30.4 Å². The van der Waals surface area contributed by atoms with Gasteiger partial charge in [-0.1, -0.05) is 18.2 Å². The van der Waals surface area contributed by atoms with E-state index < -0.39 is 0 Å². The van der Waals surface area contributed by atoms with Crippen molar-refractivity contribution in [3.63, 3.8) is 0 Å². The number of aromatic hydroxyl groups is 1. The quantitative estimate of drug-likeness (QED) is 0.295. The lowest BCUT2D eigenvalue weighted by Gasteiger charge is -2.13. The number of hydrogen-bond acceptors (Lipinski definition) is 7. The van der Waals surface area contributed by atoms with Crippen LogP contribution in [-0.2, 0) is 4.79 Å². The molecule has 0 spiro atoms. The summed E-state index contributed by atoms with van der Waals surface area (Å²) in [6.45, 7) is 0. The average Bonchev–Trinajstić information content (AvgIpc) is 2.91. The summed E-state index contributed by atoms with van der Waals surface area (Å²) >= 11 is 0. The smallest absolute Gasteiger partial charge is 0.248 e. The first-order chi connectivity index (χ1) is 17.4. The first-order valence-corrected chi connectivity index (χ1v) is 10.9. The van der Waals surface area contributed by atoms with Crippen LogP contribution in [0.5, 0.6) is 34.5 Å². The van der Waals surface area contributed by atoms with Crippen molar-refractivity contribution in [3.8, 4) is 34.5 Å². The maximum atomic E-state index is 12.6. The fraction of sp³-hybridized carbons (Fsp3) is 0.179. The maximum Gasteiger partial charge on any atom is 0.248 e. The highest BCUT2D eigenvalue weighted by molar-refractivity contribution is 6.03. The number of ether oxygens (including phenoxy) is 5. The van der Waals surface area contributed by atoms with Crippen LogP contribution in [0.1, 0.15) is 16.7 Å². The molecule has 0 radical (unpaired) electrons. The number of hydrogen-bond donors (Lipinski definition) is 2. The van der Waals surface area contributed by atoms with E-state index >= 15 is 0 Å². The molecule has 0 aromatic heterocycles. The van der Waals surface area contributed by atoms with Crippen LogP contribution in [0.2, 0.25) is 0 Å². The Morgan fingerprint density at radius 3 is 2.00 bits per heavy atom. The van der Waals surface area contributed by atoms with Crippen molar-refractivity contribution in [1.82, 2.24) is 0 Å². The molecule has 3 rings (SSSR count). The third-order valence-electron chi connectivity index (χ3n) is 5.29. The van der Waals surface area contributed by atoms with E-state index in [9.17, 15) is 9.90 Å². The van der Waals surface area contributed by atoms with Gasteiger partial charge < -0.3 is 34.1 Å². The summed E-state index contributed by atoms with van der Waals surface area (Å²) in [4.78, 5) is 12.6. The Bertz CT molecular complexity index is 1260. The average molecular weight is 492 g/mol. The molecule has 188 valence electrons. The normalized spacial score (nSPS) is 10.9. The Morgan fingerprint density at radius 2 is 1.39 bits per heavy atom. The lowest BCUT2D eigenvalue weighted by atomic mass is 10.1. The van der Waals surface area contributed by atoms with Crippen LogP contribution in [0.3, 0.4) is 0 Å². The first-order valence-electron chi connectivity index (χ1n) is 10.9. The van der Waals surface area contributed by atoms with Crippen LogP contribution < -0.4 is 29.0 Å². The van der Waals surface area contributed by atoms with Crippen molar-refractivity contribution in [2.24, 2.45) is 0 Å². The summed E-state index contributed by atoms with van der Waals surface area (Å²) in [6.07, 6.45) is 6.76. The van der Waals surface area contributed by atoms with E-state index in [0.717, 1.165) is 11.1 Å². The number of phenolic OH excluding ortho intramolecular Hbond substituents is 1. The van der Waals surface area contributed by atoms with Gasteiger partial charge in [-0.3, -0.25) is 4.79 Å². The molecule has 0 fully saturated rings. The SMILES string of the molecule is COc1ccc(NC(=O)/C=C/c2ccc(O)c(OC)c2)c(/C=C/c2cc(OC)c(OC)c(OC)c2)c1. The Labute approximate surface area is 210 Å². The Morgan fingerprint density at radius 1 is 0.722 bits per heavy atom. The number of phenols is 1. The molecule has 0 aliphatic rings. The van der Waals surface area contributed by atoms with Crippen molar-refractivity contribution in [2.75, 3.05) is 40.9 Å². The topological polar surface area (TPSA) is 95.5 Å². The molecule has 8 heteroatoms. The van der Waals surface area contributed by atoms with Crippen molar-refractivity contribution in [2.45, 2.75) is 0 Å². The zero-order valence-electron chi connectivity index (χ0n) is 20.8. The van der Waals surface area contributed by atoms with Gasteiger partial charge in [-0.05, 0) is 59.7 Å². The molecule has 0 unspecified atom stereocenters. The van der Waals surface area contributed by atoms with Crippen LogP contribution >= 0.6 is 0 Å². The molecule has 0 aliphatic carbocycles. The zero-order valence-corrected chi connectivity index (χ0v) is 20.8. The molecule has 0 atom stereocenters. The highest BCUT2D eigenvalue weighted by atomic mass is 16.5. The van der Waals surface area contributed by atoms with Crippen LogP contribution in [-0.4, -0.2) is 46.6 Å². The molecule has 0 aliphatic heterocycles. The minimum Gasteiger partial charge on any atom is -0.504 e. The zero-order chi connectivity index (χ0) is 26.1. The lowest BCUT2D eigenvalue weighted by Crippen LogP contribution is -2.09. The van der Waals surface area contributed by atoms with E-state index in [-0.39, 0.29) is 11.7 Å². The molecular weight excluding hydrogens is 462 g/mol. The van der Waals surface area contributed by atoms with E-state index in [4.69, 9.17) is 23.7 Å². The van der Waals surface area contributed by atoms with Gasteiger partial charge in [0, 0.05) is 17.3 Å². The predicted molar refractivity (Wildman–Crippen MR) is 140 cm³/mol. The molecule has 2 N–H and O–H groups in total. The maximum absolute atomic E-state index is 12.6. The van der Waals surface area contributed by atoms with Gasteiger partial charge in [-0.25, -0.2) is 0 Å². The second kappa shape index (κ2) is 12.2. The number of anilines is 1. The molecule has 3 aromatic carbocycles. The number of rotatable bonds is 10. The molecule has 0 saturated heterocycles. The number of methoxy groups -OCH3 is 5. The second-order valence-electron chi connectivity index (χ2n) is 7.50. The predicted octanol–water partition coefficient (Wildman–Crippen LogP) is 5.26. The molecule has 8 nitrogen and oxygen atoms in total. The third kappa shape index (κ3) is 6.29. The number of carbonyl (C=O) groups is 1. The number of nitrogens with one attached hydrogen (secondary N) is 1. The largest absolute Gasteiger partial charge is 0.504 e. The Kier molecular flexibility index (Phi) is 8.83. The van der Waals surface area contributed by atoms with E-state index in [2.05, 4.69) is 5.32 Å². The minimum atomic E-state index is -0.324. The van der Waals surface area contributed by atoms with E-state index in [0.29, 0.717) is 40.0 Å². The summed E-state index contributed by atoms with van der Waals surface area (Å²) in [5.41, 5.74) is 2.84. The van der Waals surface area contributed by atoms with Gasteiger partial charge in [-0.2, -0.15) is 0 Å². The van der Waals surface area contributed by atoms with Gasteiger partial charge in [-0.15, -0.1) is 0 Å². The standard InChI is InChI=1S/C28H29NO7/c1-32-21-10-11-22(29-27(31)13-8-18-7-12-23(30)24(14-18)33-2)20(17-21)9-6-19-15-25(34-3)28(36-5)26(16-19)35-4/h6-17,30H,1-5H3,(H,29,31)/b9-6+,13-8+. The van der Waals surface area contributed by atoms with Crippen LogP contribution in [0, 0.1) is 0 Å². The van der Waals surface area contributed by atoms with E-state index in [1.165, 1.54) is 19.3 Å². The fourth-order valence-corrected chi connectivity index (χ4v) is 3.45. The van der Waals surface area contributed by atoms with Gasteiger partial charge in [0.25, 0.3) is 0 Å². The van der Waals surface area contributed by atoms with Crippen LogP contribution in [0.15, 0.2) is 54.6 Å². The van der Waals surface area contributed by atoms with Crippen LogP contribution in [0.4, 0.5) is 5.69 Å². The van der Waals surface area contributed by atoms with Gasteiger partial charge in [0.1, 0.15) is 5.75 Å². The summed E-state index contributed by atoms with van der Waals surface area (Å²) < 4.78 is 26.7. The van der Waals surface area contributed by atoms with Crippen LogP contribution in [0.25, 0.3) is 18.2 Å². The summed E-state index contributed by atoms with van der Waals surface area (Å²) in [6, 6.07) is 13.8. The first kappa shape index (κ1) is 26.0. The Balaban J connectivity index is 1.86. The van der Waals surface area contributed by atoms with E-state index in [1.54, 1.807) is 58.8 Å². The van der Waals surface area contributed by atoms with Gasteiger partial charge >= 0.3 is 0 Å². The van der Waals surface area contributed by atoms with Gasteiger partial charge in [0.15, 0.2) is 23.0 Å². The minimum absolute atomic E-state index is 0.0286. The van der Waals surface area contributed by atoms with Crippen molar-refractivity contribution in [1.29, 1.82) is 0 Å². The lowest BCUT2D eigenvalue weighted by molar-refractivity contribution is -0.111. The molecular formula is C28H29NO7. The Hall–Kier alpha value is -4.59. The number of carbonyl (C=O) groups excluding carboxylic acids is 1. The van der Waals surface area contributed by atoms with Crippen molar-refractivity contribution < 1.29 is 33.6 Å². The summed E-state index contributed by atoms with van der Waals surface area (Å²) in [7, 11) is 7.71. The molecule has 0 heterocycles. The molecule has 0 saturated carbocycles. The highest BCUT2D eigenvalue weighted by Crippen LogP contribution is 2.39. The van der Waals surface area contributed by atoms with Gasteiger partial charge in [0.05, 0.1) is 35.5 Å². The van der Waals surface area contributed by atoms with Crippen molar-refractivity contribution in [3.05, 3.63) is 71.3 Å². The highest BCUT2D eigenvalue weighted by Gasteiger charge is 2.12. The number of amides is 1. The molecule has 3 aromatic rings. The summed E-state index contributed by atoms with van der Waals surface area (Å²) in [5, 5.41) is 12.6. The number of benzene rings is 3. The molecule has 0 bridgehead atoms.